The van der Waals surface area contributed by atoms with Crippen LogP contribution in [0.1, 0.15) is 11.1 Å². The van der Waals surface area contributed by atoms with E-state index in [9.17, 15) is 0 Å². The van der Waals surface area contributed by atoms with E-state index in [1.807, 2.05) is 12.1 Å². The highest BCUT2D eigenvalue weighted by molar-refractivity contribution is 5.83. The van der Waals surface area contributed by atoms with Crippen LogP contribution in [0.3, 0.4) is 0 Å². The topological polar surface area (TPSA) is 30.9 Å². The molecule has 0 fully saturated rings. The molecule has 2 aromatic carbocycles. The molecule has 2 nitrogen and oxygen atoms in total. The van der Waals surface area contributed by atoms with Crippen molar-refractivity contribution in [3.63, 3.8) is 0 Å². The molecule has 2 heteroatoms. The summed E-state index contributed by atoms with van der Waals surface area (Å²) < 4.78 is 2.29. The van der Waals surface area contributed by atoms with Crippen LogP contribution in [0.5, 0.6) is 0 Å². The Kier molecular flexibility index (Phi) is 2.56. The van der Waals surface area contributed by atoms with E-state index < -0.39 is 0 Å². The molecular formula is C16H16N2. The Hall–Kier alpha value is -2.22. The summed E-state index contributed by atoms with van der Waals surface area (Å²) in [7, 11) is 0. The third kappa shape index (κ3) is 1.86. The summed E-state index contributed by atoms with van der Waals surface area (Å²) >= 11 is 0. The molecule has 3 rings (SSSR count). The van der Waals surface area contributed by atoms with Gasteiger partial charge in [-0.2, -0.15) is 0 Å². The van der Waals surface area contributed by atoms with Gasteiger partial charge in [-0.05, 0) is 41.6 Å². The standard InChI is InChI=1S/C16H16N2/c1-12-3-2-4-14-9-10-18(16(12)14)11-13-5-7-15(17)8-6-13/h2-10H,11,17H2,1H3. The van der Waals surface area contributed by atoms with Crippen LogP contribution in [0.15, 0.2) is 54.7 Å². The van der Waals surface area contributed by atoms with Gasteiger partial charge in [0, 0.05) is 18.4 Å². The SMILES string of the molecule is Cc1cccc2ccn(Cc3ccc(N)cc3)c12. The van der Waals surface area contributed by atoms with Crippen LogP contribution in [0.25, 0.3) is 10.9 Å². The van der Waals surface area contributed by atoms with E-state index in [4.69, 9.17) is 5.73 Å². The Labute approximate surface area is 107 Å². The van der Waals surface area contributed by atoms with Gasteiger partial charge in [0.05, 0.1) is 5.52 Å². The predicted molar refractivity (Wildman–Crippen MR) is 76.6 cm³/mol. The molecule has 0 aliphatic heterocycles. The number of para-hydroxylation sites is 1. The fourth-order valence-corrected chi connectivity index (χ4v) is 2.40. The van der Waals surface area contributed by atoms with Crippen molar-refractivity contribution in [3.05, 3.63) is 65.9 Å². The van der Waals surface area contributed by atoms with Crippen LogP contribution in [0.2, 0.25) is 0 Å². The first-order valence-corrected chi connectivity index (χ1v) is 6.13. The van der Waals surface area contributed by atoms with Crippen molar-refractivity contribution in [1.29, 1.82) is 0 Å². The number of anilines is 1. The fourth-order valence-electron chi connectivity index (χ4n) is 2.40. The summed E-state index contributed by atoms with van der Waals surface area (Å²) in [5.74, 6) is 0. The maximum Gasteiger partial charge on any atom is 0.0513 e. The monoisotopic (exact) mass is 236 g/mol. The molecule has 0 aliphatic rings. The molecule has 1 heterocycles. The molecular weight excluding hydrogens is 220 g/mol. The molecule has 2 N–H and O–H groups in total. The Bertz CT molecular complexity index is 678. The first-order chi connectivity index (χ1) is 8.74. The zero-order chi connectivity index (χ0) is 12.5. The van der Waals surface area contributed by atoms with E-state index in [0.717, 1.165) is 12.2 Å². The van der Waals surface area contributed by atoms with Gasteiger partial charge in [-0.15, -0.1) is 0 Å². The molecule has 0 saturated carbocycles. The quantitative estimate of drug-likeness (QED) is 0.677. The van der Waals surface area contributed by atoms with Crippen molar-refractivity contribution in [1.82, 2.24) is 4.57 Å². The van der Waals surface area contributed by atoms with E-state index in [-0.39, 0.29) is 0 Å². The number of aryl methyl sites for hydroxylation is 1. The Balaban J connectivity index is 2.02. The van der Waals surface area contributed by atoms with Crippen molar-refractivity contribution in [2.45, 2.75) is 13.5 Å². The number of benzene rings is 2. The summed E-state index contributed by atoms with van der Waals surface area (Å²) in [6, 6.07) is 16.6. The minimum absolute atomic E-state index is 0.812. The largest absolute Gasteiger partial charge is 0.399 e. The van der Waals surface area contributed by atoms with Gasteiger partial charge in [-0.1, -0.05) is 30.3 Å². The highest BCUT2D eigenvalue weighted by atomic mass is 15.0. The van der Waals surface area contributed by atoms with Crippen LogP contribution >= 0.6 is 0 Å². The summed E-state index contributed by atoms with van der Waals surface area (Å²) in [6.45, 7) is 3.04. The van der Waals surface area contributed by atoms with Gasteiger partial charge in [0.15, 0.2) is 0 Å². The maximum atomic E-state index is 5.71. The molecule has 90 valence electrons. The number of aromatic nitrogens is 1. The average molecular weight is 236 g/mol. The third-order valence-corrected chi connectivity index (χ3v) is 3.32. The zero-order valence-electron chi connectivity index (χ0n) is 10.4. The number of fused-ring (bicyclic) bond motifs is 1. The lowest BCUT2D eigenvalue weighted by molar-refractivity contribution is 0.834. The maximum absolute atomic E-state index is 5.71. The normalized spacial score (nSPS) is 10.9. The number of hydrogen-bond donors (Lipinski definition) is 1. The van der Waals surface area contributed by atoms with Crippen LogP contribution < -0.4 is 5.73 Å². The molecule has 0 bridgehead atoms. The lowest BCUT2D eigenvalue weighted by Gasteiger charge is -2.08. The molecule has 18 heavy (non-hydrogen) atoms. The van der Waals surface area contributed by atoms with Crippen LogP contribution in [0.4, 0.5) is 5.69 Å². The Morgan fingerprint density at radius 3 is 2.56 bits per heavy atom. The highest BCUT2D eigenvalue weighted by Crippen LogP contribution is 2.21. The van der Waals surface area contributed by atoms with Crippen molar-refractivity contribution in [2.24, 2.45) is 0 Å². The van der Waals surface area contributed by atoms with Gasteiger partial charge in [0.1, 0.15) is 0 Å². The summed E-state index contributed by atoms with van der Waals surface area (Å²) in [6.07, 6.45) is 2.15. The van der Waals surface area contributed by atoms with Gasteiger partial charge in [0.2, 0.25) is 0 Å². The van der Waals surface area contributed by atoms with Crippen LogP contribution in [-0.4, -0.2) is 4.57 Å². The zero-order valence-corrected chi connectivity index (χ0v) is 10.4. The molecule has 0 amide bonds. The van der Waals surface area contributed by atoms with Crippen LogP contribution in [0, 0.1) is 6.92 Å². The van der Waals surface area contributed by atoms with Crippen molar-refractivity contribution in [2.75, 3.05) is 5.73 Å². The van der Waals surface area contributed by atoms with Gasteiger partial charge >= 0.3 is 0 Å². The first-order valence-electron chi connectivity index (χ1n) is 6.13. The molecule has 0 saturated heterocycles. The Morgan fingerprint density at radius 1 is 1.00 bits per heavy atom. The van der Waals surface area contributed by atoms with Crippen molar-refractivity contribution < 1.29 is 0 Å². The lowest BCUT2D eigenvalue weighted by Crippen LogP contribution is -1.99. The smallest absolute Gasteiger partial charge is 0.0513 e. The molecule has 0 radical (unpaired) electrons. The predicted octanol–water partition coefficient (Wildman–Crippen LogP) is 3.58. The second kappa shape index (κ2) is 4.22. The highest BCUT2D eigenvalue weighted by Gasteiger charge is 2.03. The average Bonchev–Trinajstić information content (AvgIpc) is 2.77. The van der Waals surface area contributed by atoms with E-state index >= 15 is 0 Å². The van der Waals surface area contributed by atoms with Crippen LogP contribution in [-0.2, 0) is 6.54 Å². The van der Waals surface area contributed by atoms with E-state index in [1.165, 1.54) is 22.0 Å². The molecule has 0 spiro atoms. The summed E-state index contributed by atoms with van der Waals surface area (Å²) in [5.41, 5.74) is 10.4. The van der Waals surface area contributed by atoms with E-state index in [2.05, 4.69) is 54.1 Å². The molecule has 1 aromatic heterocycles. The van der Waals surface area contributed by atoms with Gasteiger partial charge in [-0.3, -0.25) is 0 Å². The van der Waals surface area contributed by atoms with E-state index in [0.29, 0.717) is 0 Å². The van der Waals surface area contributed by atoms with Crippen molar-refractivity contribution in [3.8, 4) is 0 Å². The molecule has 3 aromatic rings. The van der Waals surface area contributed by atoms with Gasteiger partial charge in [0.25, 0.3) is 0 Å². The number of hydrogen-bond acceptors (Lipinski definition) is 1. The number of nitrogen functional groups attached to an aromatic ring is 1. The third-order valence-electron chi connectivity index (χ3n) is 3.32. The molecule has 0 aliphatic carbocycles. The van der Waals surface area contributed by atoms with Gasteiger partial charge in [-0.25, -0.2) is 0 Å². The molecule has 0 atom stereocenters. The lowest BCUT2D eigenvalue weighted by atomic mass is 10.1. The number of rotatable bonds is 2. The molecule has 0 unspecified atom stereocenters. The van der Waals surface area contributed by atoms with Crippen molar-refractivity contribution >= 4 is 16.6 Å². The summed E-state index contributed by atoms with van der Waals surface area (Å²) in [4.78, 5) is 0. The first kappa shape index (κ1) is 10.9. The fraction of sp³-hybridized carbons (Fsp3) is 0.125. The minimum atomic E-state index is 0.812. The summed E-state index contributed by atoms with van der Waals surface area (Å²) in [5, 5.41) is 1.30. The van der Waals surface area contributed by atoms with Gasteiger partial charge < -0.3 is 10.3 Å². The Morgan fingerprint density at radius 2 is 1.78 bits per heavy atom. The second-order valence-corrected chi connectivity index (χ2v) is 4.70. The second-order valence-electron chi connectivity index (χ2n) is 4.70. The number of nitrogens with two attached hydrogens (primary N) is 1. The minimum Gasteiger partial charge on any atom is -0.399 e. The number of nitrogens with zero attached hydrogens (tertiary/aromatic N) is 1. The van der Waals surface area contributed by atoms with E-state index in [1.54, 1.807) is 0 Å².